The zero-order chi connectivity index (χ0) is 17.4. The number of carbonyl (C=O) groups is 1. The average molecular weight is 325 g/mol. The molecular weight excluding hydrogens is 306 g/mol. The van der Waals surface area contributed by atoms with E-state index in [0.717, 1.165) is 16.8 Å². The van der Waals surface area contributed by atoms with Gasteiger partial charge >= 0.3 is 0 Å². The zero-order valence-electron chi connectivity index (χ0n) is 14.1. The van der Waals surface area contributed by atoms with Crippen LogP contribution in [0.15, 0.2) is 29.2 Å². The van der Waals surface area contributed by atoms with Crippen molar-refractivity contribution >= 4 is 16.8 Å². The van der Waals surface area contributed by atoms with Gasteiger partial charge in [0.1, 0.15) is 12.1 Å². The highest BCUT2D eigenvalue weighted by Gasteiger charge is 2.17. The molecule has 0 spiro atoms. The van der Waals surface area contributed by atoms with Crippen molar-refractivity contribution in [3.63, 3.8) is 0 Å². The van der Waals surface area contributed by atoms with Crippen molar-refractivity contribution in [2.75, 3.05) is 7.05 Å². The number of benzene rings is 1. The van der Waals surface area contributed by atoms with Gasteiger partial charge in [-0.25, -0.2) is 9.36 Å². The largest absolute Gasteiger partial charge is 0.358 e. The number of aromatic nitrogens is 4. The van der Waals surface area contributed by atoms with E-state index in [1.807, 2.05) is 32.0 Å². The molecule has 1 N–H and O–H groups in total. The fraction of sp³-hybridized carbons (Fsp3) is 0.294. The fourth-order valence-corrected chi connectivity index (χ4v) is 2.77. The van der Waals surface area contributed by atoms with Crippen LogP contribution in [-0.4, -0.2) is 32.5 Å². The van der Waals surface area contributed by atoms with Gasteiger partial charge in [0, 0.05) is 12.4 Å². The van der Waals surface area contributed by atoms with E-state index >= 15 is 0 Å². The summed E-state index contributed by atoms with van der Waals surface area (Å²) >= 11 is 0. The first-order valence-electron chi connectivity index (χ1n) is 7.66. The molecule has 0 saturated carbocycles. The van der Waals surface area contributed by atoms with Gasteiger partial charge in [0.2, 0.25) is 5.91 Å². The Morgan fingerprint density at radius 3 is 2.67 bits per heavy atom. The molecule has 0 saturated heterocycles. The van der Waals surface area contributed by atoms with Crippen molar-refractivity contribution in [2.45, 2.75) is 27.3 Å². The first-order valence-corrected chi connectivity index (χ1v) is 7.66. The minimum atomic E-state index is -0.336. The molecule has 0 radical (unpaired) electrons. The summed E-state index contributed by atoms with van der Waals surface area (Å²) in [6.07, 6.45) is 1.64. The Kier molecular flexibility index (Phi) is 3.92. The summed E-state index contributed by atoms with van der Waals surface area (Å²) in [6, 6.07) is 5.96. The summed E-state index contributed by atoms with van der Waals surface area (Å²) < 4.78 is 2.81. The van der Waals surface area contributed by atoms with Crippen LogP contribution in [0.1, 0.15) is 16.8 Å². The van der Waals surface area contributed by atoms with Crippen molar-refractivity contribution in [3.05, 3.63) is 51.6 Å². The molecule has 0 aliphatic carbocycles. The van der Waals surface area contributed by atoms with Gasteiger partial charge < -0.3 is 5.32 Å². The fourth-order valence-electron chi connectivity index (χ4n) is 2.77. The zero-order valence-corrected chi connectivity index (χ0v) is 14.1. The molecule has 1 aromatic carbocycles. The summed E-state index contributed by atoms with van der Waals surface area (Å²) in [5.74, 6) is -0.277. The highest BCUT2D eigenvalue weighted by molar-refractivity contribution is 5.82. The van der Waals surface area contributed by atoms with Crippen LogP contribution in [0.25, 0.3) is 16.6 Å². The smallest absolute Gasteiger partial charge is 0.293 e. The molecule has 7 nitrogen and oxygen atoms in total. The Labute approximate surface area is 138 Å². The van der Waals surface area contributed by atoms with Gasteiger partial charge in [0.25, 0.3) is 5.56 Å². The van der Waals surface area contributed by atoms with Crippen molar-refractivity contribution in [3.8, 4) is 5.69 Å². The Balaban J connectivity index is 2.27. The lowest BCUT2D eigenvalue weighted by molar-refractivity contribution is -0.121. The Morgan fingerprint density at radius 1 is 1.25 bits per heavy atom. The predicted octanol–water partition coefficient (Wildman–Crippen LogP) is 1.25. The second kappa shape index (κ2) is 5.92. The molecule has 24 heavy (non-hydrogen) atoms. The van der Waals surface area contributed by atoms with Crippen LogP contribution in [0.4, 0.5) is 0 Å². The van der Waals surface area contributed by atoms with E-state index in [-0.39, 0.29) is 18.0 Å². The van der Waals surface area contributed by atoms with E-state index in [9.17, 15) is 9.59 Å². The molecule has 0 unspecified atom stereocenters. The van der Waals surface area contributed by atoms with E-state index in [1.54, 1.807) is 17.8 Å². The number of hydrogen-bond donors (Lipinski definition) is 1. The first-order chi connectivity index (χ1) is 11.4. The molecule has 2 heterocycles. The van der Waals surface area contributed by atoms with Gasteiger partial charge in [-0.2, -0.15) is 10.2 Å². The molecule has 3 aromatic rings. The average Bonchev–Trinajstić information content (AvgIpc) is 2.97. The molecule has 2 aromatic heterocycles. The summed E-state index contributed by atoms with van der Waals surface area (Å²) in [4.78, 5) is 24.5. The van der Waals surface area contributed by atoms with Crippen molar-refractivity contribution in [2.24, 2.45) is 0 Å². The predicted molar refractivity (Wildman–Crippen MR) is 91.4 cm³/mol. The molecule has 0 fully saturated rings. The van der Waals surface area contributed by atoms with Gasteiger partial charge in [0.15, 0.2) is 0 Å². The number of nitrogens with zero attached hydrogens (tertiary/aromatic N) is 4. The maximum Gasteiger partial charge on any atom is 0.293 e. The summed E-state index contributed by atoms with van der Waals surface area (Å²) in [7, 11) is 1.53. The van der Waals surface area contributed by atoms with E-state index in [1.165, 1.54) is 11.7 Å². The Morgan fingerprint density at radius 2 is 2.00 bits per heavy atom. The Hall–Kier alpha value is -2.96. The maximum absolute atomic E-state index is 12.8. The minimum Gasteiger partial charge on any atom is -0.358 e. The monoisotopic (exact) mass is 325 g/mol. The number of carbonyl (C=O) groups excluding carboxylic acids is 1. The minimum absolute atomic E-state index is 0.121. The molecule has 0 atom stereocenters. The number of amides is 1. The van der Waals surface area contributed by atoms with Crippen LogP contribution in [0.2, 0.25) is 0 Å². The van der Waals surface area contributed by atoms with Crippen LogP contribution in [0.3, 0.4) is 0 Å². The highest BCUT2D eigenvalue weighted by Crippen LogP contribution is 2.20. The van der Waals surface area contributed by atoms with Crippen LogP contribution in [-0.2, 0) is 11.3 Å². The lowest BCUT2D eigenvalue weighted by Gasteiger charge is -2.10. The maximum atomic E-state index is 12.8. The molecule has 0 aliphatic heterocycles. The summed E-state index contributed by atoms with van der Waals surface area (Å²) in [6.45, 7) is 5.68. The standard InChI is InChI=1S/C17H19N5O2/c1-10-5-6-14(11(2)7-10)22-16-13(8-19-22)12(3)20-21(17(16)24)9-15(23)18-4/h5-8H,9H2,1-4H3,(H,18,23). The van der Waals surface area contributed by atoms with Crippen molar-refractivity contribution < 1.29 is 4.79 Å². The normalized spacial score (nSPS) is 11.0. The van der Waals surface area contributed by atoms with Gasteiger partial charge in [-0.15, -0.1) is 0 Å². The second-order valence-electron chi connectivity index (χ2n) is 5.83. The lowest BCUT2D eigenvalue weighted by Crippen LogP contribution is -2.33. The molecule has 0 bridgehead atoms. The third kappa shape index (κ3) is 2.58. The number of aryl methyl sites for hydroxylation is 3. The van der Waals surface area contributed by atoms with Crippen LogP contribution in [0.5, 0.6) is 0 Å². The van der Waals surface area contributed by atoms with E-state index < -0.39 is 0 Å². The van der Waals surface area contributed by atoms with Gasteiger partial charge in [-0.3, -0.25) is 9.59 Å². The van der Waals surface area contributed by atoms with Crippen LogP contribution >= 0.6 is 0 Å². The molecule has 3 rings (SSSR count). The summed E-state index contributed by atoms with van der Waals surface area (Å²) in [5.41, 5.74) is 3.75. The van der Waals surface area contributed by atoms with Crippen molar-refractivity contribution in [1.82, 2.24) is 24.9 Å². The SMILES string of the molecule is CNC(=O)Cn1nc(C)c2cnn(-c3ccc(C)cc3C)c2c1=O. The van der Waals surface area contributed by atoms with Crippen LogP contribution in [0, 0.1) is 20.8 Å². The molecule has 1 amide bonds. The van der Waals surface area contributed by atoms with Gasteiger partial charge in [0.05, 0.1) is 17.6 Å². The molecule has 7 heteroatoms. The third-order valence-corrected chi connectivity index (χ3v) is 4.02. The molecule has 124 valence electrons. The number of nitrogens with one attached hydrogen (secondary N) is 1. The summed E-state index contributed by atoms with van der Waals surface area (Å²) in [5, 5.41) is 11.8. The van der Waals surface area contributed by atoms with Gasteiger partial charge in [-0.1, -0.05) is 17.7 Å². The van der Waals surface area contributed by atoms with Crippen molar-refractivity contribution in [1.29, 1.82) is 0 Å². The lowest BCUT2D eigenvalue weighted by atomic mass is 10.1. The van der Waals surface area contributed by atoms with E-state index in [0.29, 0.717) is 16.6 Å². The topological polar surface area (TPSA) is 81.8 Å². The second-order valence-corrected chi connectivity index (χ2v) is 5.83. The quantitative estimate of drug-likeness (QED) is 0.786. The Bertz CT molecular complexity index is 1000. The highest BCUT2D eigenvalue weighted by atomic mass is 16.2. The third-order valence-electron chi connectivity index (χ3n) is 4.02. The van der Waals surface area contributed by atoms with E-state index in [4.69, 9.17) is 0 Å². The number of rotatable bonds is 3. The molecule has 0 aliphatic rings. The van der Waals surface area contributed by atoms with E-state index in [2.05, 4.69) is 15.5 Å². The van der Waals surface area contributed by atoms with Gasteiger partial charge in [-0.05, 0) is 32.4 Å². The van der Waals surface area contributed by atoms with Crippen LogP contribution < -0.4 is 10.9 Å². The number of fused-ring (bicyclic) bond motifs is 1. The molecular formula is C17H19N5O2. The number of likely N-dealkylation sites (N-methyl/N-ethyl adjacent to an activating group) is 1. The first kappa shape index (κ1) is 15.9. The number of hydrogen-bond acceptors (Lipinski definition) is 4.